The first-order chi connectivity index (χ1) is 15.6. The first kappa shape index (κ1) is 28.2. The zero-order valence-electron chi connectivity index (χ0n) is 20.3. The molecule has 0 aliphatic carbocycles. The highest BCUT2D eigenvalue weighted by molar-refractivity contribution is 5.80. The van der Waals surface area contributed by atoms with Crippen LogP contribution in [-0.2, 0) is 9.59 Å². The molecule has 0 spiro atoms. The van der Waals surface area contributed by atoms with E-state index in [0.29, 0.717) is 12.2 Å². The Morgan fingerprint density at radius 1 is 0.812 bits per heavy atom. The van der Waals surface area contributed by atoms with E-state index < -0.39 is 11.9 Å². The van der Waals surface area contributed by atoms with Gasteiger partial charge in [-0.15, -0.1) is 0 Å². The summed E-state index contributed by atoms with van der Waals surface area (Å²) in [6.07, 6.45) is 19.0. The molecular formula is C27H46N2O3. The van der Waals surface area contributed by atoms with E-state index in [1.54, 1.807) is 12.1 Å². The number of hydrogen-bond acceptors (Lipinski definition) is 4. The van der Waals surface area contributed by atoms with E-state index in [0.717, 1.165) is 19.4 Å². The summed E-state index contributed by atoms with van der Waals surface area (Å²) >= 11 is 0. The maximum Gasteiger partial charge on any atom is 0.328 e. The van der Waals surface area contributed by atoms with Gasteiger partial charge in [-0.1, -0.05) is 109 Å². The second kappa shape index (κ2) is 19.8. The summed E-state index contributed by atoms with van der Waals surface area (Å²) in [7, 11) is 0. The summed E-state index contributed by atoms with van der Waals surface area (Å²) in [6.45, 7) is 3.01. The quantitative estimate of drug-likeness (QED) is 0.132. The predicted octanol–water partition coefficient (Wildman–Crippen LogP) is 6.30. The molecule has 0 saturated carbocycles. The Bertz CT molecular complexity index is 592. The first-order valence-corrected chi connectivity index (χ1v) is 12.9. The van der Waals surface area contributed by atoms with Crippen molar-refractivity contribution in [1.29, 1.82) is 0 Å². The summed E-state index contributed by atoms with van der Waals surface area (Å²) in [5.74, 6) is -0.247. The lowest BCUT2D eigenvalue weighted by atomic mass is 10.0. The van der Waals surface area contributed by atoms with Crippen molar-refractivity contribution in [2.45, 2.75) is 116 Å². The average molecular weight is 447 g/mol. The fraction of sp³-hybridized carbons (Fsp3) is 0.704. The predicted molar refractivity (Wildman–Crippen MR) is 133 cm³/mol. The summed E-state index contributed by atoms with van der Waals surface area (Å²) in [5, 5.41) is 3.26. The third-order valence-electron chi connectivity index (χ3n) is 5.85. The molecule has 1 aromatic rings. The molecular weight excluding hydrogens is 400 g/mol. The van der Waals surface area contributed by atoms with Crippen molar-refractivity contribution in [1.82, 2.24) is 5.32 Å². The fourth-order valence-electron chi connectivity index (χ4n) is 3.86. The molecule has 182 valence electrons. The minimum Gasteiger partial charge on any atom is -0.425 e. The van der Waals surface area contributed by atoms with Crippen molar-refractivity contribution >= 4 is 11.9 Å². The van der Waals surface area contributed by atoms with Gasteiger partial charge < -0.3 is 15.8 Å². The van der Waals surface area contributed by atoms with Crippen molar-refractivity contribution in [2.24, 2.45) is 5.73 Å². The van der Waals surface area contributed by atoms with Gasteiger partial charge in [0.05, 0.1) is 0 Å². The molecule has 1 atom stereocenters. The number of amides is 1. The van der Waals surface area contributed by atoms with E-state index in [9.17, 15) is 9.59 Å². The Labute approximate surface area is 195 Å². The molecule has 0 aliphatic heterocycles. The van der Waals surface area contributed by atoms with Gasteiger partial charge in [0, 0.05) is 6.42 Å². The molecule has 5 nitrogen and oxygen atoms in total. The van der Waals surface area contributed by atoms with Gasteiger partial charge >= 0.3 is 5.97 Å². The molecule has 0 fully saturated rings. The highest BCUT2D eigenvalue weighted by Gasteiger charge is 2.20. The highest BCUT2D eigenvalue weighted by atomic mass is 16.5. The molecule has 0 bridgehead atoms. The zero-order valence-corrected chi connectivity index (χ0v) is 20.3. The Morgan fingerprint density at radius 2 is 1.31 bits per heavy atom. The molecule has 0 heterocycles. The third-order valence-corrected chi connectivity index (χ3v) is 5.85. The SMILES string of the molecule is CCCCCCCCCCCCCCCCN[C@@H](CCC(N)=O)C(=O)Oc1ccccc1. The zero-order chi connectivity index (χ0) is 23.3. The summed E-state index contributed by atoms with van der Waals surface area (Å²) in [6, 6.07) is 8.50. The fourth-order valence-corrected chi connectivity index (χ4v) is 3.86. The number of carbonyl (C=O) groups is 2. The number of rotatable bonds is 21. The molecule has 32 heavy (non-hydrogen) atoms. The first-order valence-electron chi connectivity index (χ1n) is 12.9. The second-order valence-corrected chi connectivity index (χ2v) is 8.84. The monoisotopic (exact) mass is 446 g/mol. The normalized spacial score (nSPS) is 11.9. The lowest BCUT2D eigenvalue weighted by molar-refractivity contribution is -0.137. The Balaban J connectivity index is 2.06. The topological polar surface area (TPSA) is 81.4 Å². The smallest absolute Gasteiger partial charge is 0.328 e. The number of benzene rings is 1. The van der Waals surface area contributed by atoms with E-state index in [-0.39, 0.29) is 12.4 Å². The van der Waals surface area contributed by atoms with Gasteiger partial charge in [0.2, 0.25) is 5.91 Å². The Kier molecular flexibility index (Phi) is 17.4. The number of ether oxygens (including phenoxy) is 1. The molecule has 3 N–H and O–H groups in total. The molecule has 1 amide bonds. The summed E-state index contributed by atoms with van der Waals surface area (Å²) in [4.78, 5) is 23.6. The number of unbranched alkanes of at least 4 members (excludes halogenated alkanes) is 13. The molecule has 0 saturated heterocycles. The van der Waals surface area contributed by atoms with Crippen molar-refractivity contribution in [3.63, 3.8) is 0 Å². The summed E-state index contributed by atoms with van der Waals surface area (Å²) in [5.41, 5.74) is 5.26. The Morgan fingerprint density at radius 3 is 1.81 bits per heavy atom. The van der Waals surface area contributed by atoms with E-state index in [1.807, 2.05) is 18.2 Å². The van der Waals surface area contributed by atoms with E-state index in [1.165, 1.54) is 77.0 Å². The number of nitrogens with one attached hydrogen (secondary N) is 1. The number of carbonyl (C=O) groups excluding carboxylic acids is 2. The average Bonchev–Trinajstić information content (AvgIpc) is 2.78. The molecule has 1 aromatic carbocycles. The van der Waals surface area contributed by atoms with Gasteiger partial charge in [-0.3, -0.25) is 4.79 Å². The summed E-state index contributed by atoms with van der Waals surface area (Å²) < 4.78 is 5.43. The molecule has 1 rings (SSSR count). The molecule has 0 unspecified atom stereocenters. The van der Waals surface area contributed by atoms with Crippen LogP contribution in [-0.4, -0.2) is 24.5 Å². The maximum atomic E-state index is 12.5. The second-order valence-electron chi connectivity index (χ2n) is 8.84. The van der Waals surface area contributed by atoms with Crippen LogP contribution in [0.3, 0.4) is 0 Å². The third kappa shape index (κ3) is 15.9. The molecule has 0 radical (unpaired) electrons. The van der Waals surface area contributed by atoms with Crippen molar-refractivity contribution in [3.8, 4) is 5.75 Å². The van der Waals surface area contributed by atoms with E-state index >= 15 is 0 Å². The van der Waals surface area contributed by atoms with E-state index in [2.05, 4.69) is 12.2 Å². The van der Waals surface area contributed by atoms with Crippen molar-refractivity contribution in [2.75, 3.05) is 6.54 Å². The number of esters is 1. The van der Waals surface area contributed by atoms with E-state index in [4.69, 9.17) is 10.5 Å². The largest absolute Gasteiger partial charge is 0.425 e. The highest BCUT2D eigenvalue weighted by Crippen LogP contribution is 2.13. The molecule has 0 aliphatic rings. The van der Waals surface area contributed by atoms with Gasteiger partial charge in [-0.25, -0.2) is 4.79 Å². The van der Waals surface area contributed by atoms with Crippen LogP contribution in [0.1, 0.15) is 110 Å². The van der Waals surface area contributed by atoms with Crippen molar-refractivity contribution in [3.05, 3.63) is 30.3 Å². The van der Waals surface area contributed by atoms with Gasteiger partial charge in [0.15, 0.2) is 0 Å². The van der Waals surface area contributed by atoms with Crippen LogP contribution in [0, 0.1) is 0 Å². The van der Waals surface area contributed by atoms with Gasteiger partial charge in [-0.05, 0) is 31.5 Å². The molecule has 0 aromatic heterocycles. The number of para-hydroxylation sites is 1. The van der Waals surface area contributed by atoms with Crippen LogP contribution >= 0.6 is 0 Å². The lowest BCUT2D eigenvalue weighted by Crippen LogP contribution is -2.40. The van der Waals surface area contributed by atoms with Crippen LogP contribution in [0.4, 0.5) is 0 Å². The minimum absolute atomic E-state index is 0.167. The van der Waals surface area contributed by atoms with Gasteiger partial charge in [0.25, 0.3) is 0 Å². The number of nitrogens with two attached hydrogens (primary N) is 1. The van der Waals surface area contributed by atoms with Crippen molar-refractivity contribution < 1.29 is 14.3 Å². The maximum absolute atomic E-state index is 12.5. The Hall–Kier alpha value is -1.88. The minimum atomic E-state index is -0.510. The standard InChI is InChI=1S/C27H46N2O3/c1-2-3-4-5-6-7-8-9-10-11-12-13-14-18-23-29-25(21-22-26(28)30)27(31)32-24-19-16-15-17-20-24/h15-17,19-20,25,29H,2-14,18,21-23H2,1H3,(H2,28,30)/t25-/m0/s1. The van der Waals surface area contributed by atoms with Gasteiger partial charge in [0.1, 0.15) is 11.8 Å². The van der Waals surface area contributed by atoms with Crippen LogP contribution in [0.5, 0.6) is 5.75 Å². The van der Waals surface area contributed by atoms with Crippen LogP contribution < -0.4 is 15.8 Å². The number of primary amides is 1. The van der Waals surface area contributed by atoms with Crippen LogP contribution in [0.25, 0.3) is 0 Å². The molecule has 5 heteroatoms. The van der Waals surface area contributed by atoms with Crippen LogP contribution in [0.2, 0.25) is 0 Å². The van der Waals surface area contributed by atoms with Crippen LogP contribution in [0.15, 0.2) is 30.3 Å². The van der Waals surface area contributed by atoms with Gasteiger partial charge in [-0.2, -0.15) is 0 Å². The lowest BCUT2D eigenvalue weighted by Gasteiger charge is -2.17. The number of hydrogen-bond donors (Lipinski definition) is 2.